The van der Waals surface area contributed by atoms with Gasteiger partial charge in [0, 0.05) is 25.7 Å². The van der Waals surface area contributed by atoms with Crippen molar-refractivity contribution in [2.45, 2.75) is 13.3 Å². The van der Waals surface area contributed by atoms with Gasteiger partial charge in [-0.3, -0.25) is 4.79 Å². The van der Waals surface area contributed by atoms with Gasteiger partial charge in [0.15, 0.2) is 0 Å². The van der Waals surface area contributed by atoms with Crippen molar-refractivity contribution >= 4 is 17.4 Å². The second-order valence-corrected chi connectivity index (χ2v) is 3.92. The van der Waals surface area contributed by atoms with Crippen LogP contribution in [0.4, 0.5) is 5.69 Å². The SMILES string of the molecule is COC(=O)c1cccc(N(C)CCC(C)=O)c1. The van der Waals surface area contributed by atoms with E-state index in [-0.39, 0.29) is 11.8 Å². The van der Waals surface area contributed by atoms with E-state index >= 15 is 0 Å². The van der Waals surface area contributed by atoms with E-state index < -0.39 is 0 Å². The van der Waals surface area contributed by atoms with Crippen LogP contribution in [0.1, 0.15) is 23.7 Å². The molecule has 0 amide bonds. The molecule has 17 heavy (non-hydrogen) atoms. The van der Waals surface area contributed by atoms with Crippen LogP contribution >= 0.6 is 0 Å². The Balaban J connectivity index is 2.76. The molecule has 0 unspecified atom stereocenters. The third kappa shape index (κ3) is 3.90. The number of hydrogen-bond donors (Lipinski definition) is 0. The molecule has 0 radical (unpaired) electrons. The second kappa shape index (κ2) is 6.03. The van der Waals surface area contributed by atoms with Gasteiger partial charge in [-0.1, -0.05) is 6.07 Å². The van der Waals surface area contributed by atoms with Gasteiger partial charge in [0.25, 0.3) is 0 Å². The number of benzene rings is 1. The fourth-order valence-corrected chi connectivity index (χ4v) is 1.44. The molecule has 0 saturated heterocycles. The molecule has 1 rings (SSSR count). The molecule has 4 heteroatoms. The Morgan fingerprint density at radius 2 is 2.06 bits per heavy atom. The van der Waals surface area contributed by atoms with Crippen molar-refractivity contribution in [2.75, 3.05) is 25.6 Å². The molecule has 0 atom stereocenters. The Bertz CT molecular complexity index is 415. The quantitative estimate of drug-likeness (QED) is 0.731. The van der Waals surface area contributed by atoms with E-state index in [1.807, 2.05) is 18.0 Å². The van der Waals surface area contributed by atoms with Gasteiger partial charge in [0.2, 0.25) is 0 Å². The average Bonchev–Trinajstić information content (AvgIpc) is 2.35. The number of anilines is 1. The van der Waals surface area contributed by atoms with E-state index in [1.165, 1.54) is 7.11 Å². The molecule has 0 fully saturated rings. The fraction of sp³-hybridized carbons (Fsp3) is 0.385. The smallest absolute Gasteiger partial charge is 0.337 e. The van der Waals surface area contributed by atoms with Crippen LogP contribution < -0.4 is 4.90 Å². The molecule has 92 valence electrons. The lowest BCUT2D eigenvalue weighted by Gasteiger charge is -2.18. The third-order valence-corrected chi connectivity index (χ3v) is 2.51. The number of methoxy groups -OCH3 is 1. The lowest BCUT2D eigenvalue weighted by atomic mass is 10.2. The van der Waals surface area contributed by atoms with Crippen LogP contribution in [0, 0.1) is 0 Å². The highest BCUT2D eigenvalue weighted by Gasteiger charge is 2.08. The van der Waals surface area contributed by atoms with Gasteiger partial charge in [-0.2, -0.15) is 0 Å². The summed E-state index contributed by atoms with van der Waals surface area (Å²) in [6.45, 7) is 2.21. The minimum Gasteiger partial charge on any atom is -0.465 e. The lowest BCUT2D eigenvalue weighted by Crippen LogP contribution is -2.20. The molecule has 1 aromatic carbocycles. The highest BCUT2D eigenvalue weighted by molar-refractivity contribution is 5.90. The molecule has 0 aliphatic rings. The Hall–Kier alpha value is -1.84. The highest BCUT2D eigenvalue weighted by Crippen LogP contribution is 2.15. The van der Waals surface area contributed by atoms with Crippen LogP contribution in [0.25, 0.3) is 0 Å². The average molecular weight is 235 g/mol. The molecular formula is C13H17NO3. The Labute approximate surface area is 101 Å². The molecule has 0 N–H and O–H groups in total. The summed E-state index contributed by atoms with van der Waals surface area (Å²) < 4.78 is 4.66. The minimum atomic E-state index is -0.355. The van der Waals surface area contributed by atoms with Crippen molar-refractivity contribution in [3.05, 3.63) is 29.8 Å². The number of Topliss-reactive ketones (excluding diaryl/α,β-unsaturated/α-hetero) is 1. The number of ketones is 1. The summed E-state index contributed by atoms with van der Waals surface area (Å²) in [5.74, 6) is -0.201. The van der Waals surface area contributed by atoms with Crippen LogP contribution in [0.2, 0.25) is 0 Å². The van der Waals surface area contributed by atoms with Crippen molar-refractivity contribution < 1.29 is 14.3 Å². The molecule has 0 bridgehead atoms. The zero-order valence-corrected chi connectivity index (χ0v) is 10.4. The number of nitrogens with zero attached hydrogens (tertiary/aromatic N) is 1. The summed E-state index contributed by atoms with van der Waals surface area (Å²) in [7, 11) is 3.24. The molecule has 0 heterocycles. The summed E-state index contributed by atoms with van der Waals surface area (Å²) >= 11 is 0. The maximum absolute atomic E-state index is 11.4. The predicted octanol–water partition coefficient (Wildman–Crippen LogP) is 1.89. The molecule has 0 aliphatic heterocycles. The lowest BCUT2D eigenvalue weighted by molar-refractivity contribution is -0.116. The first-order chi connectivity index (χ1) is 8.04. The summed E-state index contributed by atoms with van der Waals surface area (Å²) in [4.78, 5) is 24.2. The van der Waals surface area contributed by atoms with E-state index in [0.717, 1.165) is 5.69 Å². The summed E-state index contributed by atoms with van der Waals surface area (Å²) in [6, 6.07) is 7.15. The van der Waals surface area contributed by atoms with Crippen molar-refractivity contribution in [2.24, 2.45) is 0 Å². The molecule has 0 aliphatic carbocycles. The first-order valence-corrected chi connectivity index (χ1v) is 5.43. The first-order valence-electron chi connectivity index (χ1n) is 5.43. The van der Waals surface area contributed by atoms with Crippen LogP contribution in [0.15, 0.2) is 24.3 Å². The van der Waals surface area contributed by atoms with Crippen molar-refractivity contribution in [1.29, 1.82) is 0 Å². The monoisotopic (exact) mass is 235 g/mol. The summed E-state index contributed by atoms with van der Waals surface area (Å²) in [5.41, 5.74) is 1.41. The van der Waals surface area contributed by atoms with E-state index in [9.17, 15) is 9.59 Å². The van der Waals surface area contributed by atoms with Crippen LogP contribution in [-0.2, 0) is 9.53 Å². The van der Waals surface area contributed by atoms with Crippen molar-refractivity contribution in [1.82, 2.24) is 0 Å². The third-order valence-electron chi connectivity index (χ3n) is 2.51. The van der Waals surface area contributed by atoms with Gasteiger partial charge < -0.3 is 9.64 Å². The molecule has 0 spiro atoms. The molecular weight excluding hydrogens is 218 g/mol. The Morgan fingerprint density at radius 3 is 2.65 bits per heavy atom. The van der Waals surface area contributed by atoms with Gasteiger partial charge in [-0.05, 0) is 25.1 Å². The van der Waals surface area contributed by atoms with E-state index in [0.29, 0.717) is 18.5 Å². The molecule has 4 nitrogen and oxygen atoms in total. The van der Waals surface area contributed by atoms with Gasteiger partial charge >= 0.3 is 5.97 Å². The number of carbonyl (C=O) groups excluding carboxylic acids is 2. The van der Waals surface area contributed by atoms with Crippen LogP contribution in [0.3, 0.4) is 0 Å². The van der Waals surface area contributed by atoms with Gasteiger partial charge in [0.1, 0.15) is 5.78 Å². The maximum atomic E-state index is 11.4. The standard InChI is InChI=1S/C13H17NO3/c1-10(15)7-8-14(2)12-6-4-5-11(9-12)13(16)17-3/h4-6,9H,7-8H2,1-3H3. The van der Waals surface area contributed by atoms with E-state index in [1.54, 1.807) is 25.1 Å². The molecule has 0 aromatic heterocycles. The Kier molecular flexibility index (Phi) is 4.69. The maximum Gasteiger partial charge on any atom is 0.337 e. The number of ether oxygens (including phenoxy) is 1. The fourth-order valence-electron chi connectivity index (χ4n) is 1.44. The number of hydrogen-bond acceptors (Lipinski definition) is 4. The van der Waals surface area contributed by atoms with Crippen LogP contribution in [0.5, 0.6) is 0 Å². The van der Waals surface area contributed by atoms with Gasteiger partial charge in [-0.25, -0.2) is 4.79 Å². The van der Waals surface area contributed by atoms with Gasteiger partial charge in [0.05, 0.1) is 12.7 Å². The predicted molar refractivity (Wildman–Crippen MR) is 66.3 cm³/mol. The largest absolute Gasteiger partial charge is 0.465 e. The summed E-state index contributed by atoms with van der Waals surface area (Å²) in [5, 5.41) is 0. The number of esters is 1. The minimum absolute atomic E-state index is 0.154. The second-order valence-electron chi connectivity index (χ2n) is 3.92. The van der Waals surface area contributed by atoms with Crippen molar-refractivity contribution in [3.8, 4) is 0 Å². The molecule has 1 aromatic rings. The highest BCUT2D eigenvalue weighted by atomic mass is 16.5. The number of carbonyl (C=O) groups is 2. The van der Waals surface area contributed by atoms with E-state index in [4.69, 9.17) is 0 Å². The van der Waals surface area contributed by atoms with Gasteiger partial charge in [-0.15, -0.1) is 0 Å². The zero-order valence-electron chi connectivity index (χ0n) is 10.4. The molecule has 0 saturated carbocycles. The van der Waals surface area contributed by atoms with E-state index in [2.05, 4.69) is 4.74 Å². The van der Waals surface area contributed by atoms with Crippen LogP contribution in [-0.4, -0.2) is 32.5 Å². The Morgan fingerprint density at radius 1 is 1.35 bits per heavy atom. The first kappa shape index (κ1) is 13.2. The topological polar surface area (TPSA) is 46.6 Å². The number of rotatable bonds is 5. The normalized spacial score (nSPS) is 9.82. The summed E-state index contributed by atoms with van der Waals surface area (Å²) in [6.07, 6.45) is 0.499. The zero-order chi connectivity index (χ0) is 12.8. The van der Waals surface area contributed by atoms with Crippen molar-refractivity contribution in [3.63, 3.8) is 0 Å².